The van der Waals surface area contributed by atoms with E-state index in [9.17, 15) is 18.0 Å². The van der Waals surface area contributed by atoms with E-state index in [0.717, 1.165) is 6.07 Å². The van der Waals surface area contributed by atoms with Crippen molar-refractivity contribution in [2.75, 3.05) is 12.3 Å². The van der Waals surface area contributed by atoms with Gasteiger partial charge in [-0.15, -0.1) is 0 Å². The number of aryl methyl sites for hydroxylation is 1. The molecule has 0 amide bonds. The molecule has 0 aliphatic heterocycles. The number of halogens is 3. The third-order valence-corrected chi connectivity index (χ3v) is 2.41. The molecule has 6 heteroatoms. The Balaban J connectivity index is 2.82. The lowest BCUT2D eigenvalue weighted by atomic mass is 10.0. The second kappa shape index (κ2) is 5.75. The Hall–Kier alpha value is -1.72. The normalized spacial score (nSPS) is 11.3. The van der Waals surface area contributed by atoms with Gasteiger partial charge in [-0.3, -0.25) is 4.79 Å². The van der Waals surface area contributed by atoms with Gasteiger partial charge < -0.3 is 10.5 Å². The van der Waals surface area contributed by atoms with Crippen molar-refractivity contribution in [2.24, 2.45) is 0 Å². The molecule has 1 aromatic rings. The summed E-state index contributed by atoms with van der Waals surface area (Å²) in [4.78, 5) is 11.1. The van der Waals surface area contributed by atoms with Gasteiger partial charge in [0.2, 0.25) is 0 Å². The van der Waals surface area contributed by atoms with Crippen molar-refractivity contribution >= 4 is 11.7 Å². The minimum absolute atomic E-state index is 0.0132. The van der Waals surface area contributed by atoms with Gasteiger partial charge in [0.05, 0.1) is 12.2 Å². The van der Waals surface area contributed by atoms with E-state index in [4.69, 9.17) is 10.5 Å². The number of nitrogens with two attached hydrogens (primary N) is 1. The van der Waals surface area contributed by atoms with Gasteiger partial charge in [0.1, 0.15) is 0 Å². The fraction of sp³-hybridized carbons (Fsp3) is 0.417. The number of alkyl halides is 3. The first-order chi connectivity index (χ1) is 8.36. The maximum absolute atomic E-state index is 12.6. The van der Waals surface area contributed by atoms with Crippen molar-refractivity contribution in [3.05, 3.63) is 29.3 Å². The van der Waals surface area contributed by atoms with E-state index in [1.807, 2.05) is 0 Å². The van der Waals surface area contributed by atoms with Crippen LogP contribution in [0.1, 0.15) is 24.5 Å². The maximum Gasteiger partial charge on any atom is 0.418 e. The van der Waals surface area contributed by atoms with E-state index >= 15 is 0 Å². The molecule has 0 saturated heterocycles. The first kappa shape index (κ1) is 14.3. The molecule has 0 heterocycles. The van der Waals surface area contributed by atoms with Crippen LogP contribution in [-0.4, -0.2) is 12.6 Å². The van der Waals surface area contributed by atoms with E-state index in [1.165, 1.54) is 12.1 Å². The summed E-state index contributed by atoms with van der Waals surface area (Å²) in [5.74, 6) is -0.450. The molecule has 0 bridgehead atoms. The van der Waals surface area contributed by atoms with E-state index < -0.39 is 17.7 Å². The van der Waals surface area contributed by atoms with Crippen LogP contribution in [-0.2, 0) is 22.1 Å². The average molecular weight is 261 g/mol. The molecule has 100 valence electrons. The van der Waals surface area contributed by atoms with Gasteiger partial charge in [-0.1, -0.05) is 12.1 Å². The summed E-state index contributed by atoms with van der Waals surface area (Å²) in [6, 6.07) is 3.67. The average Bonchev–Trinajstić information content (AvgIpc) is 2.26. The Morgan fingerprint density at radius 1 is 1.39 bits per heavy atom. The zero-order valence-corrected chi connectivity index (χ0v) is 9.88. The molecule has 0 saturated carbocycles. The lowest BCUT2D eigenvalue weighted by Crippen LogP contribution is -2.12. The lowest BCUT2D eigenvalue weighted by molar-refractivity contribution is -0.143. The van der Waals surface area contributed by atoms with Crippen molar-refractivity contribution in [1.82, 2.24) is 0 Å². The van der Waals surface area contributed by atoms with Crippen LogP contribution in [0.3, 0.4) is 0 Å². The van der Waals surface area contributed by atoms with Crippen LogP contribution < -0.4 is 5.73 Å². The molecule has 0 aromatic heterocycles. The van der Waals surface area contributed by atoms with Gasteiger partial charge in [0, 0.05) is 12.1 Å². The van der Waals surface area contributed by atoms with Crippen LogP contribution in [0.2, 0.25) is 0 Å². The van der Waals surface area contributed by atoms with Crippen LogP contribution in [0.5, 0.6) is 0 Å². The maximum atomic E-state index is 12.6. The van der Waals surface area contributed by atoms with Gasteiger partial charge >= 0.3 is 12.1 Å². The summed E-state index contributed by atoms with van der Waals surface area (Å²) in [6.45, 7) is 1.91. The second-order valence-corrected chi connectivity index (χ2v) is 3.68. The third-order valence-electron chi connectivity index (χ3n) is 2.41. The first-order valence-corrected chi connectivity index (χ1v) is 5.46. The highest BCUT2D eigenvalue weighted by atomic mass is 19.4. The van der Waals surface area contributed by atoms with Crippen LogP contribution >= 0.6 is 0 Å². The fourth-order valence-electron chi connectivity index (χ4n) is 1.55. The molecular weight excluding hydrogens is 247 g/mol. The minimum Gasteiger partial charge on any atom is -0.466 e. The van der Waals surface area contributed by atoms with Gasteiger partial charge in [-0.2, -0.15) is 13.2 Å². The molecular formula is C12H14F3NO2. The van der Waals surface area contributed by atoms with E-state index in [1.54, 1.807) is 6.92 Å². The third kappa shape index (κ3) is 3.65. The largest absolute Gasteiger partial charge is 0.466 e. The standard InChI is InChI=1S/C12H14F3NO2/c1-2-18-10(17)7-6-8-4-3-5-9(11(8)16)12(13,14)15/h3-5H,2,6-7,16H2,1H3. The Labute approximate surface area is 103 Å². The summed E-state index contributed by atoms with van der Waals surface area (Å²) in [7, 11) is 0. The number of carbonyl (C=O) groups excluding carboxylic acids is 1. The van der Waals surface area contributed by atoms with E-state index in [0.29, 0.717) is 5.56 Å². The van der Waals surface area contributed by atoms with Crippen LogP contribution in [0.15, 0.2) is 18.2 Å². The van der Waals surface area contributed by atoms with Crippen molar-refractivity contribution in [3.8, 4) is 0 Å². The number of benzene rings is 1. The predicted octanol–water partition coefficient (Wildman–Crippen LogP) is 2.78. The number of esters is 1. The summed E-state index contributed by atoms with van der Waals surface area (Å²) in [5.41, 5.74) is 4.56. The lowest BCUT2D eigenvalue weighted by Gasteiger charge is -2.13. The molecule has 0 unspecified atom stereocenters. The highest BCUT2D eigenvalue weighted by Crippen LogP contribution is 2.35. The van der Waals surface area contributed by atoms with Crippen molar-refractivity contribution in [3.63, 3.8) is 0 Å². The molecule has 2 N–H and O–H groups in total. The Morgan fingerprint density at radius 2 is 2.06 bits per heavy atom. The summed E-state index contributed by atoms with van der Waals surface area (Å²) < 4.78 is 42.4. The first-order valence-electron chi connectivity index (χ1n) is 5.46. The Morgan fingerprint density at radius 3 is 2.61 bits per heavy atom. The van der Waals surface area contributed by atoms with E-state index in [-0.39, 0.29) is 25.1 Å². The number of hydrogen-bond donors (Lipinski definition) is 1. The SMILES string of the molecule is CCOC(=O)CCc1cccc(C(F)(F)F)c1N. The molecule has 0 atom stereocenters. The second-order valence-electron chi connectivity index (χ2n) is 3.68. The van der Waals surface area contributed by atoms with Gasteiger partial charge in [-0.25, -0.2) is 0 Å². The van der Waals surface area contributed by atoms with Crippen LogP contribution in [0.4, 0.5) is 18.9 Å². The molecule has 0 aliphatic carbocycles. The van der Waals surface area contributed by atoms with Gasteiger partial charge in [-0.05, 0) is 25.0 Å². The molecule has 0 aliphatic rings. The molecule has 1 aromatic carbocycles. The minimum atomic E-state index is -4.48. The number of hydrogen-bond acceptors (Lipinski definition) is 3. The van der Waals surface area contributed by atoms with Crippen molar-refractivity contribution in [1.29, 1.82) is 0 Å². The molecule has 3 nitrogen and oxygen atoms in total. The van der Waals surface area contributed by atoms with Gasteiger partial charge in [0.15, 0.2) is 0 Å². The van der Waals surface area contributed by atoms with Crippen molar-refractivity contribution in [2.45, 2.75) is 25.9 Å². The molecule has 1 rings (SSSR count). The predicted molar refractivity (Wildman–Crippen MR) is 60.8 cm³/mol. The monoisotopic (exact) mass is 261 g/mol. The summed E-state index contributed by atoms with van der Waals surface area (Å²) in [5, 5.41) is 0. The fourth-order valence-corrected chi connectivity index (χ4v) is 1.55. The number of carbonyl (C=O) groups is 1. The van der Waals surface area contributed by atoms with Crippen LogP contribution in [0, 0.1) is 0 Å². The highest BCUT2D eigenvalue weighted by molar-refractivity contribution is 5.70. The zero-order valence-electron chi connectivity index (χ0n) is 9.88. The number of nitrogen functional groups attached to an aromatic ring is 1. The van der Waals surface area contributed by atoms with Crippen LogP contribution in [0.25, 0.3) is 0 Å². The van der Waals surface area contributed by atoms with Gasteiger partial charge in [0.25, 0.3) is 0 Å². The highest BCUT2D eigenvalue weighted by Gasteiger charge is 2.33. The summed E-state index contributed by atoms with van der Waals surface area (Å²) in [6.07, 6.45) is -4.34. The summed E-state index contributed by atoms with van der Waals surface area (Å²) >= 11 is 0. The smallest absolute Gasteiger partial charge is 0.418 e. The molecule has 0 radical (unpaired) electrons. The topological polar surface area (TPSA) is 52.3 Å². The Kier molecular flexibility index (Phi) is 4.58. The van der Waals surface area contributed by atoms with E-state index in [2.05, 4.69) is 0 Å². The molecule has 18 heavy (non-hydrogen) atoms. The zero-order chi connectivity index (χ0) is 13.8. The quantitative estimate of drug-likeness (QED) is 0.669. The molecule has 0 spiro atoms. The number of anilines is 1. The number of para-hydroxylation sites is 1. The number of ether oxygens (including phenoxy) is 1. The molecule has 0 fully saturated rings. The number of rotatable bonds is 4. The van der Waals surface area contributed by atoms with Crippen molar-refractivity contribution < 1.29 is 22.7 Å². The Bertz CT molecular complexity index is 430.